The highest BCUT2D eigenvalue weighted by molar-refractivity contribution is 6.67. The summed E-state index contributed by atoms with van der Waals surface area (Å²) >= 11 is 35.7. The van der Waals surface area contributed by atoms with Crippen LogP contribution in [0.1, 0.15) is 23.1 Å². The van der Waals surface area contributed by atoms with E-state index in [0.717, 1.165) is 5.56 Å². The number of benzene rings is 2. The third-order valence-corrected chi connectivity index (χ3v) is 5.78. The molecule has 2 heterocycles. The van der Waals surface area contributed by atoms with E-state index in [-0.39, 0.29) is 17.5 Å². The van der Waals surface area contributed by atoms with Crippen LogP contribution in [0.25, 0.3) is 35.0 Å². The van der Waals surface area contributed by atoms with Crippen LogP contribution >= 0.6 is 69.6 Å². The van der Waals surface area contributed by atoms with Gasteiger partial charge in [-0.3, -0.25) is 0 Å². The second-order valence-electron chi connectivity index (χ2n) is 7.30. The van der Waals surface area contributed by atoms with Crippen molar-refractivity contribution in [1.29, 1.82) is 0 Å². The second-order valence-corrected chi connectivity index (χ2v) is 11.9. The Labute approximate surface area is 241 Å². The summed E-state index contributed by atoms with van der Waals surface area (Å²) in [5, 5.41) is 8.16. The molecule has 0 aliphatic carbocycles. The van der Waals surface area contributed by atoms with Gasteiger partial charge in [0.15, 0.2) is 17.5 Å². The number of hydrogen-bond donors (Lipinski definition) is 0. The fourth-order valence-corrected chi connectivity index (χ4v) is 3.53. The molecule has 0 N–H and O–H groups in total. The number of aromatic nitrogens is 5. The molecule has 8 nitrogen and oxygen atoms in total. The average molecular weight is 622 g/mol. The summed E-state index contributed by atoms with van der Waals surface area (Å²) < 4.78 is 12.4. The fraction of sp³-hybridized carbons (Fsp3) is 0.174. The van der Waals surface area contributed by atoms with Crippen LogP contribution in [0.4, 0.5) is 0 Å². The smallest absolute Gasteiger partial charge is 0.250 e. The zero-order valence-electron chi connectivity index (χ0n) is 18.9. The zero-order valence-corrected chi connectivity index (χ0v) is 23.5. The van der Waals surface area contributed by atoms with Crippen LogP contribution in [0.15, 0.2) is 46.9 Å². The summed E-state index contributed by atoms with van der Waals surface area (Å²) in [5.41, 5.74) is 2.06. The number of halogens is 6. The summed E-state index contributed by atoms with van der Waals surface area (Å²) in [6, 6.07) is 12.4. The number of alkyl halides is 6. The van der Waals surface area contributed by atoms with Crippen LogP contribution in [0.3, 0.4) is 0 Å². The highest BCUT2D eigenvalue weighted by Gasteiger charge is 2.34. The van der Waals surface area contributed by atoms with Crippen LogP contribution in [0.5, 0.6) is 11.5 Å². The molecule has 37 heavy (non-hydrogen) atoms. The van der Waals surface area contributed by atoms with E-state index in [1.165, 1.54) is 0 Å². The van der Waals surface area contributed by atoms with Crippen molar-refractivity contribution in [2.24, 2.45) is 0 Å². The first-order valence-corrected chi connectivity index (χ1v) is 12.5. The van der Waals surface area contributed by atoms with Gasteiger partial charge in [-0.2, -0.15) is 0 Å². The van der Waals surface area contributed by atoms with Crippen molar-refractivity contribution in [2.45, 2.75) is 7.59 Å². The molecule has 0 atom stereocenters. The minimum atomic E-state index is -1.94. The molecule has 0 saturated heterocycles. The predicted octanol–water partition coefficient (Wildman–Crippen LogP) is 7.43. The molecule has 0 aliphatic rings. The lowest BCUT2D eigenvalue weighted by Crippen LogP contribution is -2.16. The summed E-state index contributed by atoms with van der Waals surface area (Å²) in [6.45, 7) is 0. The number of nitrogens with zero attached hydrogens (tertiary/aromatic N) is 5. The third-order valence-electron chi connectivity index (χ3n) is 4.77. The lowest BCUT2D eigenvalue weighted by atomic mass is 10.1. The van der Waals surface area contributed by atoms with Crippen LogP contribution in [-0.2, 0) is 7.59 Å². The summed E-state index contributed by atoms with van der Waals surface area (Å²) in [6.07, 6.45) is 3.47. The highest BCUT2D eigenvalue weighted by Crippen LogP contribution is 2.40. The molecule has 4 aromatic rings. The normalized spacial score (nSPS) is 12.2. The summed E-state index contributed by atoms with van der Waals surface area (Å²) in [5.74, 6) is 1.65. The molecule has 2 aromatic heterocycles. The number of ether oxygens (including phenoxy) is 2. The Bertz CT molecular complexity index is 1380. The van der Waals surface area contributed by atoms with Gasteiger partial charge < -0.3 is 13.9 Å². The Morgan fingerprint density at radius 3 is 1.78 bits per heavy atom. The topological polar surface area (TPSA) is 96.1 Å². The van der Waals surface area contributed by atoms with E-state index >= 15 is 0 Å². The van der Waals surface area contributed by atoms with Crippen LogP contribution in [-0.4, -0.2) is 39.4 Å². The van der Waals surface area contributed by atoms with Crippen LogP contribution in [0, 0.1) is 0 Å². The zero-order chi connectivity index (χ0) is 26.8. The highest BCUT2D eigenvalue weighted by atomic mass is 35.6. The van der Waals surface area contributed by atoms with E-state index in [1.54, 1.807) is 56.7 Å². The lowest BCUT2D eigenvalue weighted by Gasteiger charge is -2.15. The first kappa shape index (κ1) is 27.7. The van der Waals surface area contributed by atoms with E-state index in [2.05, 4.69) is 25.1 Å². The fourth-order valence-electron chi connectivity index (χ4n) is 3.02. The molecule has 2 aromatic carbocycles. The number of rotatable bonds is 6. The summed E-state index contributed by atoms with van der Waals surface area (Å²) in [4.78, 5) is 12.4. The monoisotopic (exact) mass is 619 g/mol. The first-order chi connectivity index (χ1) is 17.5. The Kier molecular flexibility index (Phi) is 8.38. The van der Waals surface area contributed by atoms with E-state index < -0.39 is 7.59 Å². The van der Waals surface area contributed by atoms with Gasteiger partial charge in [0.25, 0.3) is 0 Å². The van der Waals surface area contributed by atoms with E-state index in [9.17, 15) is 0 Å². The maximum absolute atomic E-state index is 5.94. The van der Waals surface area contributed by atoms with E-state index in [4.69, 9.17) is 83.5 Å². The van der Waals surface area contributed by atoms with Crippen molar-refractivity contribution < 1.29 is 13.9 Å². The van der Waals surface area contributed by atoms with Gasteiger partial charge >= 0.3 is 0 Å². The third kappa shape index (κ3) is 6.96. The molecule has 0 amide bonds. The molecular formula is C23H15Cl6N5O3. The van der Waals surface area contributed by atoms with Crippen molar-refractivity contribution in [3.8, 4) is 34.3 Å². The van der Waals surface area contributed by atoms with Gasteiger partial charge in [0.1, 0.15) is 11.5 Å². The maximum atomic E-state index is 5.94. The lowest BCUT2D eigenvalue weighted by molar-refractivity contribution is 0.394. The molecule has 0 unspecified atom stereocenters. The molecule has 0 radical (unpaired) electrons. The van der Waals surface area contributed by atoms with Gasteiger partial charge in [-0.15, -0.1) is 10.2 Å². The Morgan fingerprint density at radius 1 is 0.703 bits per heavy atom. The quantitative estimate of drug-likeness (QED) is 0.205. The van der Waals surface area contributed by atoms with Gasteiger partial charge in [-0.1, -0.05) is 93.9 Å². The van der Waals surface area contributed by atoms with Gasteiger partial charge in [0, 0.05) is 23.3 Å². The molecule has 0 spiro atoms. The molecule has 0 saturated carbocycles. The molecule has 0 fully saturated rings. The van der Waals surface area contributed by atoms with Gasteiger partial charge in [-0.25, -0.2) is 15.0 Å². The van der Waals surface area contributed by atoms with Crippen molar-refractivity contribution in [1.82, 2.24) is 25.1 Å². The van der Waals surface area contributed by atoms with Crippen molar-refractivity contribution >= 4 is 81.8 Å². The molecule has 14 heteroatoms. The molecule has 0 aliphatic heterocycles. The van der Waals surface area contributed by atoms with Crippen molar-refractivity contribution in [2.75, 3.05) is 14.2 Å². The van der Waals surface area contributed by atoms with Gasteiger partial charge in [0.2, 0.25) is 19.4 Å². The molecule has 192 valence electrons. The minimum absolute atomic E-state index is 0.170. The molecular weight excluding hydrogens is 607 g/mol. The Hall–Kier alpha value is -2.33. The van der Waals surface area contributed by atoms with E-state index in [1.807, 2.05) is 12.1 Å². The molecule has 4 rings (SSSR count). The van der Waals surface area contributed by atoms with Crippen LogP contribution in [0.2, 0.25) is 0 Å². The van der Waals surface area contributed by atoms with Gasteiger partial charge in [0.05, 0.1) is 14.2 Å². The number of methoxy groups -OCH3 is 2. The van der Waals surface area contributed by atoms with E-state index in [0.29, 0.717) is 34.4 Å². The Morgan fingerprint density at radius 2 is 1.27 bits per heavy atom. The van der Waals surface area contributed by atoms with Crippen molar-refractivity contribution in [3.05, 3.63) is 65.6 Å². The first-order valence-electron chi connectivity index (χ1n) is 10.2. The second kappa shape index (κ2) is 11.2. The summed E-state index contributed by atoms with van der Waals surface area (Å²) in [7, 11) is 3.12. The SMILES string of the molecule is COc1cc(OC)cc(-c2nnc(/C=C/c3ccc(-c4nc(C(Cl)(Cl)Cl)nc(C(Cl)(Cl)Cl)n4)cc3)o2)c1. The predicted molar refractivity (Wildman–Crippen MR) is 146 cm³/mol. The molecule has 0 bridgehead atoms. The minimum Gasteiger partial charge on any atom is -0.497 e. The van der Waals surface area contributed by atoms with Gasteiger partial charge in [-0.05, 0) is 23.8 Å². The van der Waals surface area contributed by atoms with Crippen LogP contribution < -0.4 is 9.47 Å². The Balaban J connectivity index is 1.56. The standard InChI is InChI=1S/C23H15Cl6N5O3/c1-35-15-9-14(10-16(11-15)36-2)19-34-33-17(37-19)8-5-12-3-6-13(7-4-12)18-30-20(22(24,25)26)32-21(31-18)23(27,28)29/h3-11H,1-2H3/b8-5+. The number of hydrogen-bond acceptors (Lipinski definition) is 8. The average Bonchev–Trinajstić information content (AvgIpc) is 3.35. The maximum Gasteiger partial charge on any atom is 0.250 e. The van der Waals surface area contributed by atoms with Crippen molar-refractivity contribution in [3.63, 3.8) is 0 Å². The largest absolute Gasteiger partial charge is 0.497 e.